The second kappa shape index (κ2) is 4.39. The highest BCUT2D eigenvalue weighted by Gasteiger charge is 2.18. The molecule has 1 heterocycles. The van der Waals surface area contributed by atoms with E-state index in [-0.39, 0.29) is 11.8 Å². The van der Waals surface area contributed by atoms with E-state index in [0.717, 1.165) is 10.4 Å². The van der Waals surface area contributed by atoms with Crippen LogP contribution >= 0.6 is 11.3 Å². The molecule has 0 spiro atoms. The lowest BCUT2D eigenvalue weighted by atomic mass is 10.2. The number of hydrogen-bond donors (Lipinski definition) is 2. The van der Waals surface area contributed by atoms with Crippen LogP contribution in [0, 0.1) is 6.92 Å². The van der Waals surface area contributed by atoms with Crippen molar-refractivity contribution in [1.82, 2.24) is 5.43 Å². The first-order valence-corrected chi connectivity index (χ1v) is 7.06. The van der Waals surface area contributed by atoms with Crippen molar-refractivity contribution >= 4 is 21.2 Å². The number of thiophene rings is 1. The van der Waals surface area contributed by atoms with Crippen LogP contribution in [0.5, 0.6) is 0 Å². The molecule has 14 heavy (non-hydrogen) atoms. The zero-order chi connectivity index (χ0) is 10.8. The minimum Gasteiger partial charge on any atom is -0.271 e. The van der Waals surface area contributed by atoms with Gasteiger partial charge in [-0.15, -0.1) is 11.3 Å². The predicted octanol–water partition coefficient (Wildman–Crippen LogP) is 0.606. The SMILES string of the molecule is Cc1ccsc1C(CS(C)(=O)=O)NN. The van der Waals surface area contributed by atoms with Gasteiger partial charge in [-0.1, -0.05) is 0 Å². The first kappa shape index (κ1) is 11.6. The molecule has 0 aliphatic carbocycles. The number of nitrogens with one attached hydrogen (secondary N) is 1. The highest BCUT2D eigenvalue weighted by atomic mass is 32.2. The predicted molar refractivity (Wildman–Crippen MR) is 58.8 cm³/mol. The Labute approximate surface area is 88.0 Å². The summed E-state index contributed by atoms with van der Waals surface area (Å²) >= 11 is 1.52. The lowest BCUT2D eigenvalue weighted by molar-refractivity contribution is 0.567. The van der Waals surface area contributed by atoms with Crippen molar-refractivity contribution in [3.8, 4) is 0 Å². The molecule has 0 saturated carbocycles. The number of sulfone groups is 1. The molecule has 0 aliphatic heterocycles. The van der Waals surface area contributed by atoms with E-state index in [2.05, 4.69) is 5.43 Å². The van der Waals surface area contributed by atoms with Crippen molar-refractivity contribution in [3.05, 3.63) is 21.9 Å². The third kappa shape index (κ3) is 3.06. The van der Waals surface area contributed by atoms with Crippen LogP contribution in [0.25, 0.3) is 0 Å². The van der Waals surface area contributed by atoms with E-state index in [1.54, 1.807) is 0 Å². The Balaban J connectivity index is 2.89. The number of hydrazine groups is 1. The van der Waals surface area contributed by atoms with E-state index in [0.29, 0.717) is 0 Å². The van der Waals surface area contributed by atoms with Crippen LogP contribution in [0.1, 0.15) is 16.5 Å². The van der Waals surface area contributed by atoms with Gasteiger partial charge < -0.3 is 0 Å². The Bertz CT molecular complexity index is 397. The quantitative estimate of drug-likeness (QED) is 0.591. The number of nitrogens with two attached hydrogens (primary N) is 1. The van der Waals surface area contributed by atoms with Crippen LogP contribution in [0.3, 0.4) is 0 Å². The summed E-state index contributed by atoms with van der Waals surface area (Å²) in [5.41, 5.74) is 3.60. The van der Waals surface area contributed by atoms with Crippen LogP contribution < -0.4 is 11.3 Å². The maximum Gasteiger partial charge on any atom is 0.149 e. The van der Waals surface area contributed by atoms with Gasteiger partial charge in [0.05, 0.1) is 11.8 Å². The lowest BCUT2D eigenvalue weighted by Crippen LogP contribution is -2.32. The molecule has 1 aromatic heterocycles. The molecule has 1 atom stereocenters. The van der Waals surface area contributed by atoms with Crippen LogP contribution in [0.15, 0.2) is 11.4 Å². The van der Waals surface area contributed by atoms with Crippen LogP contribution in [-0.2, 0) is 9.84 Å². The molecule has 0 fully saturated rings. The smallest absolute Gasteiger partial charge is 0.149 e. The molecule has 0 amide bonds. The Morgan fingerprint density at radius 2 is 2.29 bits per heavy atom. The summed E-state index contributed by atoms with van der Waals surface area (Å²) in [7, 11) is -3.01. The molecule has 6 heteroatoms. The average molecular weight is 234 g/mol. The summed E-state index contributed by atoms with van der Waals surface area (Å²) in [6.07, 6.45) is 1.21. The normalized spacial score (nSPS) is 14.2. The van der Waals surface area contributed by atoms with E-state index >= 15 is 0 Å². The lowest BCUT2D eigenvalue weighted by Gasteiger charge is -2.13. The fraction of sp³-hybridized carbons (Fsp3) is 0.500. The fourth-order valence-corrected chi connectivity index (χ4v) is 3.21. The molecule has 4 nitrogen and oxygen atoms in total. The van der Waals surface area contributed by atoms with Gasteiger partial charge in [-0.25, -0.2) is 8.42 Å². The molecule has 0 saturated heterocycles. The van der Waals surface area contributed by atoms with Crippen molar-refractivity contribution < 1.29 is 8.42 Å². The summed E-state index contributed by atoms with van der Waals surface area (Å²) in [5.74, 6) is 5.36. The van der Waals surface area contributed by atoms with Gasteiger partial charge in [-0.05, 0) is 23.9 Å². The third-order valence-electron chi connectivity index (χ3n) is 1.89. The summed E-state index contributed by atoms with van der Waals surface area (Å²) in [6, 6.07) is 1.65. The van der Waals surface area contributed by atoms with Crippen molar-refractivity contribution in [2.24, 2.45) is 5.84 Å². The van der Waals surface area contributed by atoms with E-state index in [4.69, 9.17) is 5.84 Å². The second-order valence-electron chi connectivity index (χ2n) is 3.28. The Morgan fingerprint density at radius 1 is 1.64 bits per heavy atom. The van der Waals surface area contributed by atoms with E-state index in [1.165, 1.54) is 17.6 Å². The van der Waals surface area contributed by atoms with E-state index in [9.17, 15) is 8.42 Å². The molecule has 1 rings (SSSR count). The number of aryl methyl sites for hydroxylation is 1. The standard InChI is InChI=1S/C8H14N2O2S2/c1-6-3-4-13-8(6)7(10-9)5-14(2,11)12/h3-4,7,10H,5,9H2,1-2H3. The minimum atomic E-state index is -3.01. The van der Waals surface area contributed by atoms with Gasteiger partial charge in [0.15, 0.2) is 0 Å². The van der Waals surface area contributed by atoms with Gasteiger partial charge in [-0.2, -0.15) is 0 Å². The van der Waals surface area contributed by atoms with E-state index < -0.39 is 9.84 Å². The minimum absolute atomic E-state index is 0.0326. The second-order valence-corrected chi connectivity index (χ2v) is 6.41. The molecular weight excluding hydrogens is 220 g/mol. The third-order valence-corrected chi connectivity index (χ3v) is 3.96. The summed E-state index contributed by atoms with van der Waals surface area (Å²) in [4.78, 5) is 0.984. The highest BCUT2D eigenvalue weighted by Crippen LogP contribution is 2.24. The Hall–Kier alpha value is -0.430. The molecule has 0 aromatic carbocycles. The summed E-state index contributed by atoms with van der Waals surface area (Å²) in [5, 5.41) is 1.93. The molecule has 0 radical (unpaired) electrons. The first-order chi connectivity index (χ1) is 6.44. The van der Waals surface area contributed by atoms with Gasteiger partial charge in [0, 0.05) is 11.1 Å². The average Bonchev–Trinajstić information content (AvgIpc) is 2.45. The van der Waals surface area contributed by atoms with Gasteiger partial charge in [0.1, 0.15) is 9.84 Å². The Morgan fingerprint density at radius 3 is 2.64 bits per heavy atom. The zero-order valence-electron chi connectivity index (χ0n) is 8.15. The number of rotatable bonds is 4. The highest BCUT2D eigenvalue weighted by molar-refractivity contribution is 7.90. The van der Waals surface area contributed by atoms with Gasteiger partial charge in [0.25, 0.3) is 0 Å². The number of hydrogen-bond acceptors (Lipinski definition) is 5. The molecule has 0 bridgehead atoms. The summed E-state index contributed by atoms with van der Waals surface area (Å²) < 4.78 is 22.2. The van der Waals surface area contributed by atoms with Gasteiger partial charge >= 0.3 is 0 Å². The molecule has 80 valence electrons. The molecule has 1 aromatic rings. The van der Waals surface area contributed by atoms with Gasteiger partial charge in [-0.3, -0.25) is 11.3 Å². The van der Waals surface area contributed by atoms with Crippen LogP contribution in [0.2, 0.25) is 0 Å². The van der Waals surface area contributed by atoms with Crippen LogP contribution in [0.4, 0.5) is 0 Å². The summed E-state index contributed by atoms with van der Waals surface area (Å²) in [6.45, 7) is 1.94. The van der Waals surface area contributed by atoms with Crippen molar-refractivity contribution in [2.45, 2.75) is 13.0 Å². The maximum absolute atomic E-state index is 11.1. The molecule has 3 N–H and O–H groups in total. The van der Waals surface area contributed by atoms with Crippen molar-refractivity contribution in [1.29, 1.82) is 0 Å². The maximum atomic E-state index is 11.1. The van der Waals surface area contributed by atoms with Gasteiger partial charge in [0.2, 0.25) is 0 Å². The molecular formula is C8H14N2O2S2. The van der Waals surface area contributed by atoms with Crippen molar-refractivity contribution in [2.75, 3.05) is 12.0 Å². The molecule has 1 unspecified atom stereocenters. The zero-order valence-corrected chi connectivity index (χ0v) is 9.78. The van der Waals surface area contributed by atoms with E-state index in [1.807, 2.05) is 18.4 Å². The monoisotopic (exact) mass is 234 g/mol. The van der Waals surface area contributed by atoms with Crippen molar-refractivity contribution in [3.63, 3.8) is 0 Å². The molecule has 0 aliphatic rings. The Kier molecular flexibility index (Phi) is 3.65. The first-order valence-electron chi connectivity index (χ1n) is 4.12. The largest absolute Gasteiger partial charge is 0.271 e. The van der Waals surface area contributed by atoms with Crippen LogP contribution in [-0.4, -0.2) is 20.4 Å². The topological polar surface area (TPSA) is 72.2 Å². The fourth-order valence-electron chi connectivity index (χ4n) is 1.24.